The van der Waals surface area contributed by atoms with Crippen LogP contribution < -0.4 is 9.64 Å². The van der Waals surface area contributed by atoms with Crippen LogP contribution in [0.3, 0.4) is 0 Å². The van der Waals surface area contributed by atoms with Gasteiger partial charge in [0, 0.05) is 5.41 Å². The lowest BCUT2D eigenvalue weighted by molar-refractivity contribution is -0.274. The van der Waals surface area contributed by atoms with Gasteiger partial charge in [-0.15, -0.1) is 13.2 Å². The summed E-state index contributed by atoms with van der Waals surface area (Å²) in [6, 6.07) is 19.5. The molecule has 1 saturated heterocycles. The van der Waals surface area contributed by atoms with Gasteiger partial charge < -0.3 is 4.74 Å². The first-order valence-electron chi connectivity index (χ1n) is 11.3. The number of anilines is 1. The number of fused-ring (bicyclic) bond motifs is 1. The van der Waals surface area contributed by atoms with Gasteiger partial charge in [0.25, 0.3) is 0 Å². The van der Waals surface area contributed by atoms with Crippen LogP contribution >= 0.6 is 0 Å². The van der Waals surface area contributed by atoms with Crippen molar-refractivity contribution < 1.29 is 27.5 Å². The number of amides is 2. The molecule has 5 rings (SSSR count). The van der Waals surface area contributed by atoms with Crippen LogP contribution in [0.1, 0.15) is 34.7 Å². The number of imide groups is 1. The Bertz CT molecular complexity index is 1420. The van der Waals surface area contributed by atoms with E-state index >= 15 is 0 Å². The molecule has 1 aliphatic heterocycles. The smallest absolute Gasteiger partial charge is 0.406 e. The van der Waals surface area contributed by atoms with E-state index < -0.39 is 28.9 Å². The van der Waals surface area contributed by atoms with Crippen LogP contribution in [0.15, 0.2) is 66.7 Å². The van der Waals surface area contributed by atoms with Crippen molar-refractivity contribution in [2.45, 2.75) is 32.5 Å². The number of nitriles is 1. The number of aryl methyl sites for hydroxylation is 2. The zero-order valence-electron chi connectivity index (χ0n) is 19.7. The molecule has 5 nitrogen and oxygen atoms in total. The fourth-order valence-electron chi connectivity index (χ4n) is 5.96. The lowest BCUT2D eigenvalue weighted by Gasteiger charge is -2.30. The minimum Gasteiger partial charge on any atom is -0.406 e. The summed E-state index contributed by atoms with van der Waals surface area (Å²) in [7, 11) is 0. The highest BCUT2D eigenvalue weighted by molar-refractivity contribution is 6.29. The second kappa shape index (κ2) is 7.69. The molecular formula is C28H21F3N2O3. The molecule has 1 heterocycles. The number of piperidine rings is 1. The molecular weight excluding hydrogens is 469 g/mol. The molecule has 0 spiro atoms. The van der Waals surface area contributed by atoms with Gasteiger partial charge in [0.15, 0.2) is 0 Å². The van der Waals surface area contributed by atoms with E-state index in [0.29, 0.717) is 22.4 Å². The van der Waals surface area contributed by atoms with Gasteiger partial charge in [0.2, 0.25) is 11.8 Å². The minimum atomic E-state index is -4.84. The molecule has 182 valence electrons. The predicted molar refractivity (Wildman–Crippen MR) is 125 cm³/mol. The summed E-state index contributed by atoms with van der Waals surface area (Å²) in [4.78, 5) is 28.9. The van der Waals surface area contributed by atoms with Crippen molar-refractivity contribution in [1.82, 2.24) is 0 Å². The molecule has 3 atom stereocenters. The van der Waals surface area contributed by atoms with Gasteiger partial charge in [-0.25, -0.2) is 4.90 Å². The van der Waals surface area contributed by atoms with Crippen molar-refractivity contribution in [2.24, 2.45) is 11.3 Å². The highest BCUT2D eigenvalue weighted by Crippen LogP contribution is 2.76. The van der Waals surface area contributed by atoms with Crippen molar-refractivity contribution in [3.63, 3.8) is 0 Å². The quantitative estimate of drug-likeness (QED) is 0.449. The van der Waals surface area contributed by atoms with Gasteiger partial charge in [0.05, 0.1) is 28.7 Å². The average molecular weight is 490 g/mol. The van der Waals surface area contributed by atoms with E-state index in [9.17, 15) is 28.0 Å². The first kappa shape index (κ1) is 23.6. The molecule has 2 fully saturated rings. The summed E-state index contributed by atoms with van der Waals surface area (Å²) >= 11 is 0. The molecule has 1 saturated carbocycles. The van der Waals surface area contributed by atoms with Gasteiger partial charge in [0.1, 0.15) is 5.75 Å². The Morgan fingerprint density at radius 2 is 1.44 bits per heavy atom. The topological polar surface area (TPSA) is 70.4 Å². The molecule has 0 bridgehead atoms. The lowest BCUT2D eigenvalue weighted by Crippen LogP contribution is -2.42. The minimum absolute atomic E-state index is 0.368. The number of nitrogens with zero attached hydrogens (tertiary/aromatic N) is 2. The molecule has 2 aliphatic rings. The maximum atomic E-state index is 13.9. The Kier molecular flexibility index (Phi) is 5.04. The Balaban J connectivity index is 1.63. The summed E-state index contributed by atoms with van der Waals surface area (Å²) in [6.07, 6.45) is -4.84. The average Bonchev–Trinajstić information content (AvgIpc) is 3.32. The van der Waals surface area contributed by atoms with Crippen LogP contribution in [0.25, 0.3) is 0 Å². The van der Waals surface area contributed by atoms with Crippen molar-refractivity contribution in [1.29, 1.82) is 5.26 Å². The van der Waals surface area contributed by atoms with E-state index in [0.717, 1.165) is 11.1 Å². The van der Waals surface area contributed by atoms with Crippen molar-refractivity contribution in [3.8, 4) is 11.8 Å². The highest BCUT2D eigenvalue weighted by Gasteiger charge is 2.86. The molecule has 3 aromatic rings. The van der Waals surface area contributed by atoms with Crippen molar-refractivity contribution in [2.75, 3.05) is 4.90 Å². The Labute approximate surface area is 205 Å². The van der Waals surface area contributed by atoms with E-state index in [4.69, 9.17) is 0 Å². The van der Waals surface area contributed by atoms with Crippen LogP contribution in [-0.2, 0) is 15.0 Å². The maximum absolute atomic E-state index is 13.9. The number of benzene rings is 3. The Morgan fingerprint density at radius 1 is 0.917 bits per heavy atom. The third-order valence-electron chi connectivity index (χ3n) is 7.34. The SMILES string of the molecule is Cc1cc(C)cc(N2C(=O)[C@H]3[C@](c4ccc(C#N)cc4)(c4ccc(OC(F)(F)F)cc4)[C@@]3(C)C2=O)c1. The molecule has 8 heteroatoms. The summed E-state index contributed by atoms with van der Waals surface area (Å²) in [5.74, 6) is -1.90. The Morgan fingerprint density at radius 3 is 1.89 bits per heavy atom. The van der Waals surface area contributed by atoms with Crippen LogP contribution in [-0.4, -0.2) is 18.2 Å². The van der Waals surface area contributed by atoms with Gasteiger partial charge in [-0.05, 0) is 79.4 Å². The van der Waals surface area contributed by atoms with Crippen LogP contribution in [0.5, 0.6) is 5.75 Å². The van der Waals surface area contributed by atoms with Crippen LogP contribution in [0.4, 0.5) is 18.9 Å². The third kappa shape index (κ3) is 3.23. The third-order valence-corrected chi connectivity index (χ3v) is 7.34. The molecule has 3 aromatic carbocycles. The van der Waals surface area contributed by atoms with Crippen LogP contribution in [0, 0.1) is 36.5 Å². The number of carbonyl (C=O) groups excluding carboxylic acids is 2. The van der Waals surface area contributed by atoms with E-state index in [1.54, 1.807) is 43.3 Å². The van der Waals surface area contributed by atoms with Gasteiger partial charge >= 0.3 is 6.36 Å². The van der Waals surface area contributed by atoms with Gasteiger partial charge in [-0.1, -0.05) is 30.3 Å². The maximum Gasteiger partial charge on any atom is 0.573 e. The van der Waals surface area contributed by atoms with E-state index in [2.05, 4.69) is 4.74 Å². The second-order valence-corrected chi connectivity index (χ2v) is 9.53. The predicted octanol–water partition coefficient (Wildman–Crippen LogP) is 5.57. The summed E-state index contributed by atoms with van der Waals surface area (Å²) in [6.45, 7) is 5.49. The first-order chi connectivity index (χ1) is 16.9. The molecule has 0 unspecified atom stereocenters. The fraction of sp³-hybridized carbons (Fsp3) is 0.250. The summed E-state index contributed by atoms with van der Waals surface area (Å²) in [5.41, 5.74) is 1.64. The molecule has 0 N–H and O–H groups in total. The summed E-state index contributed by atoms with van der Waals surface area (Å²) < 4.78 is 42.1. The number of ether oxygens (including phenoxy) is 1. The highest BCUT2D eigenvalue weighted by atomic mass is 19.4. The van der Waals surface area contributed by atoms with E-state index in [1.165, 1.54) is 29.2 Å². The number of hydrogen-bond donors (Lipinski definition) is 0. The van der Waals surface area contributed by atoms with E-state index in [-0.39, 0.29) is 11.8 Å². The normalized spacial score (nSPS) is 24.9. The molecule has 0 aromatic heterocycles. The standard InChI is InChI=1S/C28H21F3N2O3/c1-16-12-17(2)14-21(13-16)33-24(34)23-26(3,25(33)35)27(23,19-6-4-18(15-32)5-7-19)20-8-10-22(11-9-20)36-28(29,30)31/h4-14,23H,1-3H3/t23-,26-,27+/m1/s1. The molecule has 0 radical (unpaired) electrons. The van der Waals surface area contributed by atoms with Gasteiger partial charge in [-0.2, -0.15) is 5.26 Å². The van der Waals surface area contributed by atoms with Gasteiger partial charge in [-0.3, -0.25) is 9.59 Å². The number of alkyl halides is 3. The number of carbonyl (C=O) groups is 2. The van der Waals surface area contributed by atoms with Crippen molar-refractivity contribution >= 4 is 17.5 Å². The zero-order valence-corrected chi connectivity index (χ0v) is 19.7. The second-order valence-electron chi connectivity index (χ2n) is 9.53. The molecule has 2 amide bonds. The molecule has 36 heavy (non-hydrogen) atoms. The fourth-order valence-corrected chi connectivity index (χ4v) is 5.96. The molecule has 1 aliphatic carbocycles. The number of hydrogen-bond acceptors (Lipinski definition) is 4. The largest absolute Gasteiger partial charge is 0.573 e. The van der Waals surface area contributed by atoms with Crippen molar-refractivity contribution in [3.05, 3.63) is 94.5 Å². The van der Waals surface area contributed by atoms with Crippen LogP contribution in [0.2, 0.25) is 0 Å². The zero-order chi connectivity index (χ0) is 26.0. The lowest BCUT2D eigenvalue weighted by atomic mass is 9.78. The monoisotopic (exact) mass is 490 g/mol. The number of rotatable bonds is 4. The first-order valence-corrected chi connectivity index (χ1v) is 11.3. The van der Waals surface area contributed by atoms with E-state index in [1.807, 2.05) is 26.0 Å². The Hall–Kier alpha value is -4.12. The number of halogens is 3. The summed E-state index contributed by atoms with van der Waals surface area (Å²) in [5, 5.41) is 9.22.